The summed E-state index contributed by atoms with van der Waals surface area (Å²) in [6.07, 6.45) is 3.86. The lowest BCUT2D eigenvalue weighted by Gasteiger charge is -2.36. The van der Waals surface area contributed by atoms with Gasteiger partial charge in [-0.3, -0.25) is 19.5 Å². The van der Waals surface area contributed by atoms with Crippen molar-refractivity contribution in [2.75, 3.05) is 39.2 Å². The number of benzene rings is 1. The molecule has 0 fully saturated rings. The molecule has 2 aromatic rings. The van der Waals surface area contributed by atoms with E-state index < -0.39 is 0 Å². The molecule has 3 rings (SSSR count). The molecular formula is C26H36N4O4. The van der Waals surface area contributed by atoms with Crippen LogP contribution in [0.2, 0.25) is 0 Å². The summed E-state index contributed by atoms with van der Waals surface area (Å²) in [5, 5.41) is 2.85. The van der Waals surface area contributed by atoms with Crippen molar-refractivity contribution in [1.82, 2.24) is 14.8 Å². The Morgan fingerprint density at radius 2 is 1.94 bits per heavy atom. The Kier molecular flexibility index (Phi) is 9.01. The number of likely N-dealkylation sites (N-methyl/N-ethyl adjacent to an activating group) is 1. The highest BCUT2D eigenvalue weighted by molar-refractivity contribution is 5.98. The van der Waals surface area contributed by atoms with E-state index in [1.165, 1.54) is 5.56 Å². The van der Waals surface area contributed by atoms with Crippen molar-refractivity contribution >= 4 is 17.5 Å². The predicted molar refractivity (Wildman–Crippen MR) is 132 cm³/mol. The Morgan fingerprint density at radius 3 is 2.62 bits per heavy atom. The summed E-state index contributed by atoms with van der Waals surface area (Å²) in [5.41, 5.74) is 2.25. The van der Waals surface area contributed by atoms with Crippen LogP contribution >= 0.6 is 0 Å². The Bertz CT molecular complexity index is 969. The minimum absolute atomic E-state index is 0.0714. The van der Waals surface area contributed by atoms with E-state index in [1.807, 2.05) is 12.1 Å². The summed E-state index contributed by atoms with van der Waals surface area (Å²) >= 11 is 0. The van der Waals surface area contributed by atoms with E-state index in [0.717, 1.165) is 13.1 Å². The fourth-order valence-electron chi connectivity index (χ4n) is 4.12. The first-order chi connectivity index (χ1) is 16.3. The highest BCUT2D eigenvalue weighted by Gasteiger charge is 2.28. The summed E-state index contributed by atoms with van der Waals surface area (Å²) in [5.74, 6) is 0.420. The Morgan fingerprint density at radius 1 is 1.21 bits per heavy atom. The number of carbonyl (C=O) groups excluding carboxylic acids is 2. The number of fused-ring (bicyclic) bond motifs is 1. The molecule has 0 radical (unpaired) electrons. The topological polar surface area (TPSA) is 84.0 Å². The summed E-state index contributed by atoms with van der Waals surface area (Å²) in [6, 6.07) is 9.30. The molecule has 8 nitrogen and oxygen atoms in total. The summed E-state index contributed by atoms with van der Waals surface area (Å²) in [7, 11) is 3.47. The number of anilines is 1. The lowest BCUT2D eigenvalue weighted by molar-refractivity contribution is -0.115. The van der Waals surface area contributed by atoms with Crippen molar-refractivity contribution in [3.05, 3.63) is 53.9 Å². The third kappa shape index (κ3) is 6.55. The third-order valence-electron chi connectivity index (χ3n) is 6.32. The van der Waals surface area contributed by atoms with Gasteiger partial charge in [0.2, 0.25) is 5.91 Å². The number of hydrogen-bond acceptors (Lipinski definition) is 6. The van der Waals surface area contributed by atoms with Crippen LogP contribution in [-0.4, -0.2) is 72.6 Å². The molecular weight excluding hydrogens is 432 g/mol. The van der Waals surface area contributed by atoms with E-state index in [0.29, 0.717) is 36.6 Å². The number of carbonyl (C=O) groups is 2. The molecule has 2 amide bonds. The van der Waals surface area contributed by atoms with Crippen LogP contribution in [0, 0.1) is 5.92 Å². The summed E-state index contributed by atoms with van der Waals surface area (Å²) in [4.78, 5) is 33.3. The van der Waals surface area contributed by atoms with E-state index >= 15 is 0 Å². The molecule has 34 heavy (non-hydrogen) atoms. The van der Waals surface area contributed by atoms with Crippen molar-refractivity contribution in [3.8, 4) is 5.75 Å². The zero-order chi connectivity index (χ0) is 24.7. The van der Waals surface area contributed by atoms with E-state index in [9.17, 15) is 9.59 Å². The fraction of sp³-hybridized carbons (Fsp3) is 0.500. The molecule has 0 unspecified atom stereocenters. The fourth-order valence-corrected chi connectivity index (χ4v) is 4.12. The van der Waals surface area contributed by atoms with Gasteiger partial charge in [0, 0.05) is 70.4 Å². The second-order valence-electron chi connectivity index (χ2n) is 8.99. The number of nitrogens with zero attached hydrogens (tertiary/aromatic N) is 3. The SMILES string of the molecule is CCC(=O)Nc1ccc2c(c1)OC[C@H](C)N(Cc1ccncc1)C[C@H](C)[C@@H](OC)CN(C)C2=O. The maximum absolute atomic E-state index is 13.3. The molecule has 1 aromatic heterocycles. The van der Waals surface area contributed by atoms with Crippen molar-refractivity contribution < 1.29 is 19.1 Å². The van der Waals surface area contributed by atoms with Crippen LogP contribution in [0.4, 0.5) is 5.69 Å². The van der Waals surface area contributed by atoms with Gasteiger partial charge >= 0.3 is 0 Å². The minimum atomic E-state index is -0.139. The van der Waals surface area contributed by atoms with Gasteiger partial charge in [-0.1, -0.05) is 13.8 Å². The lowest BCUT2D eigenvalue weighted by Crippen LogP contribution is -2.46. The van der Waals surface area contributed by atoms with Gasteiger partial charge in [0.15, 0.2) is 0 Å². The zero-order valence-corrected chi connectivity index (χ0v) is 20.8. The molecule has 184 valence electrons. The molecule has 8 heteroatoms. The molecule has 0 saturated heterocycles. The number of aromatic nitrogens is 1. The number of hydrogen-bond donors (Lipinski definition) is 1. The molecule has 0 bridgehead atoms. The number of methoxy groups -OCH3 is 1. The van der Waals surface area contributed by atoms with Crippen molar-refractivity contribution in [3.63, 3.8) is 0 Å². The average molecular weight is 469 g/mol. The monoisotopic (exact) mass is 468 g/mol. The van der Waals surface area contributed by atoms with Gasteiger partial charge in [0.1, 0.15) is 12.4 Å². The summed E-state index contributed by atoms with van der Waals surface area (Å²) in [6.45, 7) is 8.46. The molecule has 2 heterocycles. The van der Waals surface area contributed by atoms with Crippen LogP contribution in [0.1, 0.15) is 43.1 Å². The predicted octanol–water partition coefficient (Wildman–Crippen LogP) is 3.44. The van der Waals surface area contributed by atoms with Crippen LogP contribution in [0.5, 0.6) is 5.75 Å². The van der Waals surface area contributed by atoms with Crippen molar-refractivity contribution in [2.45, 2.75) is 45.9 Å². The first-order valence-electron chi connectivity index (χ1n) is 11.8. The molecule has 1 N–H and O–H groups in total. The number of amides is 2. The smallest absolute Gasteiger partial charge is 0.257 e. The van der Waals surface area contributed by atoms with E-state index in [2.05, 4.69) is 29.0 Å². The van der Waals surface area contributed by atoms with Gasteiger partial charge in [-0.15, -0.1) is 0 Å². The lowest BCUT2D eigenvalue weighted by atomic mass is 10.0. The highest BCUT2D eigenvalue weighted by atomic mass is 16.5. The quantitative estimate of drug-likeness (QED) is 0.724. The Hall–Kier alpha value is -2.97. The van der Waals surface area contributed by atoms with Crippen LogP contribution in [0.3, 0.4) is 0 Å². The van der Waals surface area contributed by atoms with Gasteiger partial charge in [-0.05, 0) is 42.7 Å². The average Bonchev–Trinajstić information content (AvgIpc) is 2.84. The Balaban J connectivity index is 1.94. The molecule has 3 atom stereocenters. The van der Waals surface area contributed by atoms with Gasteiger partial charge in [-0.25, -0.2) is 0 Å². The maximum Gasteiger partial charge on any atom is 0.257 e. The standard InChI is InChI=1S/C26H36N4O4/c1-6-25(31)28-21-7-8-22-23(13-21)34-17-19(3)30(15-20-9-11-27-12-10-20)14-18(2)24(33-5)16-29(4)26(22)32/h7-13,18-19,24H,6,14-17H2,1-5H3,(H,28,31)/t18-,19-,24-/m0/s1. The van der Waals surface area contributed by atoms with Crippen molar-refractivity contribution in [2.24, 2.45) is 5.92 Å². The van der Waals surface area contributed by atoms with Gasteiger partial charge in [-0.2, -0.15) is 0 Å². The van der Waals surface area contributed by atoms with Crippen LogP contribution in [0.15, 0.2) is 42.7 Å². The summed E-state index contributed by atoms with van der Waals surface area (Å²) < 4.78 is 12.0. The molecule has 1 aliphatic rings. The van der Waals surface area contributed by atoms with Gasteiger partial charge in [0.05, 0.1) is 11.7 Å². The van der Waals surface area contributed by atoms with Gasteiger partial charge < -0.3 is 19.7 Å². The first kappa shape index (κ1) is 25.6. The van der Waals surface area contributed by atoms with E-state index in [4.69, 9.17) is 9.47 Å². The normalized spacial score (nSPS) is 22.2. The maximum atomic E-state index is 13.3. The van der Waals surface area contributed by atoms with Crippen LogP contribution < -0.4 is 10.1 Å². The number of pyridine rings is 1. The minimum Gasteiger partial charge on any atom is -0.491 e. The molecule has 1 aliphatic heterocycles. The van der Waals surface area contributed by atoms with Crippen LogP contribution in [0.25, 0.3) is 0 Å². The number of nitrogens with one attached hydrogen (secondary N) is 1. The largest absolute Gasteiger partial charge is 0.491 e. The Labute approximate surface area is 202 Å². The van der Waals surface area contributed by atoms with E-state index in [1.54, 1.807) is 56.6 Å². The zero-order valence-electron chi connectivity index (χ0n) is 20.8. The molecule has 0 saturated carbocycles. The second-order valence-corrected chi connectivity index (χ2v) is 8.99. The second kappa shape index (κ2) is 11.9. The van der Waals surface area contributed by atoms with E-state index in [-0.39, 0.29) is 29.9 Å². The van der Waals surface area contributed by atoms with Crippen LogP contribution in [-0.2, 0) is 16.1 Å². The molecule has 0 aliphatic carbocycles. The number of rotatable bonds is 5. The molecule has 1 aromatic carbocycles. The molecule has 0 spiro atoms. The third-order valence-corrected chi connectivity index (χ3v) is 6.32. The highest BCUT2D eigenvalue weighted by Crippen LogP contribution is 2.27. The number of ether oxygens (including phenoxy) is 2. The first-order valence-corrected chi connectivity index (χ1v) is 11.8. The van der Waals surface area contributed by atoms with Gasteiger partial charge in [0.25, 0.3) is 5.91 Å². The van der Waals surface area contributed by atoms with Crippen molar-refractivity contribution in [1.29, 1.82) is 0 Å².